The molecule has 2 rings (SSSR count). The van der Waals surface area contributed by atoms with Crippen molar-refractivity contribution in [1.82, 2.24) is 4.98 Å². The van der Waals surface area contributed by atoms with Crippen molar-refractivity contribution in [3.8, 4) is 17.0 Å². The van der Waals surface area contributed by atoms with E-state index >= 15 is 0 Å². The van der Waals surface area contributed by atoms with E-state index in [9.17, 15) is 4.79 Å². The monoisotopic (exact) mass is 261 g/mol. The first-order valence-corrected chi connectivity index (χ1v) is 5.80. The quantitative estimate of drug-likeness (QED) is 0.919. The molecule has 0 radical (unpaired) electrons. The van der Waals surface area contributed by atoms with E-state index in [1.165, 1.54) is 0 Å². The van der Waals surface area contributed by atoms with Gasteiger partial charge in [-0.3, -0.25) is 0 Å². The average molecular weight is 261 g/mol. The van der Waals surface area contributed by atoms with Gasteiger partial charge in [-0.25, -0.2) is 9.78 Å². The number of nitrogens with zero attached hydrogens (tertiary/aromatic N) is 1. The van der Waals surface area contributed by atoms with Crippen molar-refractivity contribution in [2.24, 2.45) is 0 Å². The van der Waals surface area contributed by atoms with Gasteiger partial charge in [-0.1, -0.05) is 0 Å². The van der Waals surface area contributed by atoms with E-state index in [4.69, 9.17) is 14.3 Å². The van der Waals surface area contributed by atoms with E-state index in [0.29, 0.717) is 22.9 Å². The molecule has 19 heavy (non-hydrogen) atoms. The number of aryl methyl sites for hydroxylation is 3. The van der Waals surface area contributed by atoms with Crippen LogP contribution in [0.1, 0.15) is 27.6 Å². The molecule has 5 heteroatoms. The predicted octanol–water partition coefficient (Wildman–Crippen LogP) is 2.97. The van der Waals surface area contributed by atoms with Gasteiger partial charge >= 0.3 is 5.97 Å². The van der Waals surface area contributed by atoms with E-state index in [2.05, 4.69) is 4.98 Å². The van der Waals surface area contributed by atoms with Crippen molar-refractivity contribution in [3.05, 3.63) is 34.9 Å². The molecular weight excluding hydrogens is 246 g/mol. The molecule has 0 spiro atoms. The molecule has 0 fully saturated rings. The maximum atomic E-state index is 11.2. The summed E-state index contributed by atoms with van der Waals surface area (Å²) in [7, 11) is 1.54. The van der Waals surface area contributed by atoms with Gasteiger partial charge in [0.2, 0.25) is 5.76 Å². The number of aromatic carboxylic acids is 1. The van der Waals surface area contributed by atoms with Gasteiger partial charge in [0.15, 0.2) is 5.89 Å². The van der Waals surface area contributed by atoms with Crippen LogP contribution in [0.5, 0.6) is 5.75 Å². The summed E-state index contributed by atoms with van der Waals surface area (Å²) in [4.78, 5) is 15.3. The topological polar surface area (TPSA) is 72.6 Å². The molecule has 0 aliphatic rings. The number of methoxy groups -OCH3 is 1. The van der Waals surface area contributed by atoms with Crippen molar-refractivity contribution >= 4 is 5.97 Å². The summed E-state index contributed by atoms with van der Waals surface area (Å²) in [6, 6.07) is 3.72. The first-order valence-electron chi connectivity index (χ1n) is 5.80. The number of aromatic nitrogens is 1. The van der Waals surface area contributed by atoms with E-state index in [-0.39, 0.29) is 5.76 Å². The molecule has 1 N–H and O–H groups in total. The molecule has 0 bridgehead atoms. The van der Waals surface area contributed by atoms with Crippen molar-refractivity contribution < 1.29 is 19.1 Å². The van der Waals surface area contributed by atoms with Gasteiger partial charge in [-0.05, 0) is 37.1 Å². The fourth-order valence-electron chi connectivity index (χ4n) is 1.90. The van der Waals surface area contributed by atoms with E-state index in [1.807, 2.05) is 26.0 Å². The third-order valence-electron chi connectivity index (χ3n) is 3.00. The summed E-state index contributed by atoms with van der Waals surface area (Å²) in [5.74, 6) is -0.415. The molecule has 5 nitrogen and oxygen atoms in total. The fourth-order valence-corrected chi connectivity index (χ4v) is 1.90. The lowest BCUT2D eigenvalue weighted by molar-refractivity contribution is 0.0662. The molecule has 1 aromatic carbocycles. The van der Waals surface area contributed by atoms with Crippen LogP contribution in [-0.2, 0) is 0 Å². The minimum atomic E-state index is -1.14. The van der Waals surface area contributed by atoms with E-state index in [1.54, 1.807) is 14.0 Å². The molecule has 1 heterocycles. The van der Waals surface area contributed by atoms with Gasteiger partial charge < -0.3 is 14.3 Å². The Balaban J connectivity index is 2.71. The summed E-state index contributed by atoms with van der Waals surface area (Å²) in [6.45, 7) is 5.53. The molecule has 100 valence electrons. The first kappa shape index (κ1) is 13.1. The molecule has 0 amide bonds. The van der Waals surface area contributed by atoms with Crippen molar-refractivity contribution in [2.75, 3.05) is 7.11 Å². The van der Waals surface area contributed by atoms with Crippen molar-refractivity contribution in [1.29, 1.82) is 0 Å². The fraction of sp³-hybridized carbons (Fsp3) is 0.286. The number of oxazole rings is 1. The van der Waals surface area contributed by atoms with Crippen LogP contribution in [0.15, 0.2) is 16.5 Å². The van der Waals surface area contributed by atoms with Gasteiger partial charge in [0.25, 0.3) is 0 Å². The lowest BCUT2D eigenvalue weighted by Crippen LogP contribution is -1.99. The van der Waals surface area contributed by atoms with E-state index < -0.39 is 5.97 Å². The van der Waals surface area contributed by atoms with Gasteiger partial charge in [-0.15, -0.1) is 0 Å². The number of hydrogen-bond donors (Lipinski definition) is 1. The van der Waals surface area contributed by atoms with Gasteiger partial charge in [0.1, 0.15) is 11.4 Å². The van der Waals surface area contributed by atoms with Gasteiger partial charge in [-0.2, -0.15) is 0 Å². The van der Waals surface area contributed by atoms with Crippen LogP contribution in [0.4, 0.5) is 0 Å². The van der Waals surface area contributed by atoms with Crippen LogP contribution in [0.25, 0.3) is 11.3 Å². The lowest BCUT2D eigenvalue weighted by atomic mass is 10.0. The van der Waals surface area contributed by atoms with Crippen molar-refractivity contribution in [2.45, 2.75) is 20.8 Å². The molecule has 0 saturated heterocycles. The van der Waals surface area contributed by atoms with Crippen LogP contribution >= 0.6 is 0 Å². The summed E-state index contributed by atoms with van der Waals surface area (Å²) >= 11 is 0. The Morgan fingerprint density at radius 2 is 1.89 bits per heavy atom. The minimum Gasteiger partial charge on any atom is -0.496 e. The smallest absolute Gasteiger partial charge is 0.374 e. The van der Waals surface area contributed by atoms with Crippen LogP contribution in [0.2, 0.25) is 0 Å². The highest BCUT2D eigenvalue weighted by Crippen LogP contribution is 2.34. The SMILES string of the molecule is COc1cc(C)c(C)cc1-c1nc(C)oc1C(=O)O. The maximum absolute atomic E-state index is 11.2. The summed E-state index contributed by atoms with van der Waals surface area (Å²) in [5.41, 5.74) is 3.02. The van der Waals surface area contributed by atoms with Crippen LogP contribution in [0, 0.1) is 20.8 Å². The van der Waals surface area contributed by atoms with Crippen LogP contribution < -0.4 is 4.74 Å². The molecule has 1 aromatic heterocycles. The number of carboxylic acids is 1. The zero-order valence-corrected chi connectivity index (χ0v) is 11.3. The third kappa shape index (κ3) is 2.31. The molecule has 2 aromatic rings. The highest BCUT2D eigenvalue weighted by Gasteiger charge is 2.22. The Bertz CT molecular complexity index is 643. The van der Waals surface area contributed by atoms with Gasteiger partial charge in [0.05, 0.1) is 7.11 Å². The zero-order valence-electron chi connectivity index (χ0n) is 11.3. The molecule has 0 aliphatic heterocycles. The molecule has 0 aliphatic carbocycles. The highest BCUT2D eigenvalue weighted by molar-refractivity contribution is 5.93. The highest BCUT2D eigenvalue weighted by atomic mass is 16.5. The Morgan fingerprint density at radius 3 is 2.47 bits per heavy atom. The number of hydrogen-bond acceptors (Lipinski definition) is 4. The second kappa shape index (κ2) is 4.76. The summed E-state index contributed by atoms with van der Waals surface area (Å²) in [5, 5.41) is 9.15. The number of rotatable bonds is 3. The summed E-state index contributed by atoms with van der Waals surface area (Å²) < 4.78 is 10.4. The largest absolute Gasteiger partial charge is 0.496 e. The Hall–Kier alpha value is -2.30. The Labute approximate surface area is 110 Å². The van der Waals surface area contributed by atoms with Gasteiger partial charge in [0, 0.05) is 12.5 Å². The Kier molecular flexibility index (Phi) is 3.29. The average Bonchev–Trinajstić information content (AvgIpc) is 2.74. The second-order valence-corrected chi connectivity index (χ2v) is 4.35. The molecular formula is C14H15NO4. The number of carbonyl (C=O) groups is 1. The lowest BCUT2D eigenvalue weighted by Gasteiger charge is -2.10. The maximum Gasteiger partial charge on any atom is 0.374 e. The van der Waals surface area contributed by atoms with E-state index in [0.717, 1.165) is 11.1 Å². The third-order valence-corrected chi connectivity index (χ3v) is 3.00. The molecule has 0 atom stereocenters. The molecule has 0 unspecified atom stereocenters. The Morgan fingerprint density at radius 1 is 1.26 bits per heavy atom. The number of carboxylic acid groups (broad SMARTS) is 1. The zero-order chi connectivity index (χ0) is 14.2. The summed E-state index contributed by atoms with van der Waals surface area (Å²) in [6.07, 6.45) is 0. The normalized spacial score (nSPS) is 10.5. The first-order chi connectivity index (χ1) is 8.93. The standard InChI is InChI=1S/C14H15NO4/c1-7-5-10(11(18-4)6-8(7)2)12-13(14(16)17)19-9(3)15-12/h5-6H,1-4H3,(H,16,17). The minimum absolute atomic E-state index is 0.168. The molecule has 0 saturated carbocycles. The second-order valence-electron chi connectivity index (χ2n) is 4.35. The van der Waals surface area contributed by atoms with Crippen LogP contribution in [-0.4, -0.2) is 23.2 Å². The number of ether oxygens (including phenoxy) is 1. The predicted molar refractivity (Wildman–Crippen MR) is 69.7 cm³/mol. The van der Waals surface area contributed by atoms with Crippen LogP contribution in [0.3, 0.4) is 0 Å². The van der Waals surface area contributed by atoms with Crippen molar-refractivity contribution in [3.63, 3.8) is 0 Å². The number of benzene rings is 1.